The molecule has 0 bridgehead atoms. The number of aromatic nitrogens is 4. The molecule has 2 heterocycles. The van der Waals surface area contributed by atoms with E-state index in [1.807, 2.05) is 48.5 Å². The molecule has 0 unspecified atom stereocenters. The first-order valence-electron chi connectivity index (χ1n) is 11.4. The molecule has 0 radical (unpaired) electrons. The van der Waals surface area contributed by atoms with E-state index in [0.717, 1.165) is 33.9 Å². The summed E-state index contributed by atoms with van der Waals surface area (Å²) in [5.74, 6) is -1.55. The van der Waals surface area contributed by atoms with Crippen LogP contribution in [-0.2, 0) is 17.7 Å². The first-order valence-corrected chi connectivity index (χ1v) is 12.1. The number of esters is 1. The normalized spacial score (nSPS) is 11.0. The molecule has 0 saturated heterocycles. The molecule has 0 amide bonds. The molecule has 0 aliphatic heterocycles. The number of hydrogen-bond donors (Lipinski definition) is 1. The van der Waals surface area contributed by atoms with Gasteiger partial charge in [0.25, 0.3) is 0 Å². The van der Waals surface area contributed by atoms with Gasteiger partial charge >= 0.3 is 11.9 Å². The maximum absolute atomic E-state index is 13.3. The maximum Gasteiger partial charge on any atom is 0.356 e. The van der Waals surface area contributed by atoms with Crippen LogP contribution in [0.5, 0.6) is 0 Å². The quantitative estimate of drug-likeness (QED) is 0.298. The summed E-state index contributed by atoms with van der Waals surface area (Å²) in [5.41, 5.74) is 5.75. The average Bonchev–Trinajstić information content (AvgIpc) is 3.49. The van der Waals surface area contributed by atoms with Gasteiger partial charge in [-0.15, -0.1) is 0 Å². The van der Waals surface area contributed by atoms with Crippen molar-refractivity contribution in [2.75, 3.05) is 6.61 Å². The fourth-order valence-electron chi connectivity index (χ4n) is 4.21. The minimum absolute atomic E-state index is 0.103. The van der Waals surface area contributed by atoms with E-state index in [1.54, 1.807) is 35.9 Å². The van der Waals surface area contributed by atoms with Crippen LogP contribution in [0.15, 0.2) is 72.8 Å². The van der Waals surface area contributed by atoms with Crippen molar-refractivity contribution in [3.8, 4) is 11.3 Å². The summed E-state index contributed by atoms with van der Waals surface area (Å²) in [5, 5.41) is 14.5. The van der Waals surface area contributed by atoms with E-state index in [0.29, 0.717) is 28.9 Å². The van der Waals surface area contributed by atoms with Gasteiger partial charge in [0.15, 0.2) is 5.69 Å². The fourth-order valence-corrected chi connectivity index (χ4v) is 4.72. The molecule has 9 heteroatoms. The number of benzene rings is 3. The van der Waals surface area contributed by atoms with Crippen LogP contribution in [0.25, 0.3) is 22.3 Å². The molecular weight excluding hydrogens is 476 g/mol. The number of fused-ring (bicyclic) bond motifs is 1. The highest BCUT2D eigenvalue weighted by Crippen LogP contribution is 2.30. The smallest absolute Gasteiger partial charge is 0.356 e. The Morgan fingerprint density at radius 3 is 2.50 bits per heavy atom. The van der Waals surface area contributed by atoms with Crippen LogP contribution in [0, 0.1) is 0 Å². The second-order valence-corrected chi connectivity index (χ2v) is 8.67. The van der Waals surface area contributed by atoms with Crippen molar-refractivity contribution in [1.82, 2.24) is 18.5 Å². The number of rotatable bonds is 8. The molecule has 2 aromatic heterocycles. The number of nitrogens with zero attached hydrogens (tertiary/aromatic N) is 4. The number of carboxylic acid groups (broad SMARTS) is 1. The van der Waals surface area contributed by atoms with Crippen LogP contribution in [0.1, 0.15) is 44.5 Å². The van der Waals surface area contributed by atoms with Gasteiger partial charge in [-0.05, 0) is 36.2 Å². The molecule has 5 aromatic rings. The average molecular weight is 499 g/mol. The molecule has 0 spiro atoms. The molecular formula is C27H22N4O4S. The van der Waals surface area contributed by atoms with E-state index >= 15 is 0 Å². The van der Waals surface area contributed by atoms with Gasteiger partial charge in [-0.2, -0.15) is 13.8 Å². The molecule has 36 heavy (non-hydrogen) atoms. The number of carbonyl (C=O) groups excluding carboxylic acids is 1. The molecule has 8 nitrogen and oxygen atoms in total. The molecule has 3 aromatic carbocycles. The monoisotopic (exact) mass is 498 g/mol. The van der Waals surface area contributed by atoms with Gasteiger partial charge in [-0.3, -0.25) is 4.68 Å². The van der Waals surface area contributed by atoms with Gasteiger partial charge in [0.2, 0.25) is 0 Å². The van der Waals surface area contributed by atoms with E-state index in [1.165, 1.54) is 0 Å². The van der Waals surface area contributed by atoms with E-state index < -0.39 is 11.9 Å². The van der Waals surface area contributed by atoms with E-state index in [-0.39, 0.29) is 18.7 Å². The first-order chi connectivity index (χ1) is 17.5. The van der Waals surface area contributed by atoms with Gasteiger partial charge in [0.1, 0.15) is 11.0 Å². The number of ether oxygens (including phenoxy) is 1. The number of carbonyl (C=O) groups is 2. The summed E-state index contributed by atoms with van der Waals surface area (Å²) in [4.78, 5) is 25.1. The molecule has 0 fully saturated rings. The third-order valence-corrected chi connectivity index (χ3v) is 6.39. The molecule has 0 atom stereocenters. The zero-order valence-corrected chi connectivity index (χ0v) is 20.2. The summed E-state index contributed by atoms with van der Waals surface area (Å²) in [7, 11) is 0. The largest absolute Gasteiger partial charge is 0.478 e. The number of aromatic carboxylic acids is 1. The standard InChI is InChI=1S/C27H22N4O4S/c1-2-35-27(34)25-21(14-17-12-13-22-23(15-17)30-36-29-22)24(18-8-4-3-5-9-18)28-31(25)16-19-10-6-7-11-20(19)26(32)33/h3-13,15H,2,14,16H2,1H3,(H,32,33). The molecule has 0 aliphatic rings. The van der Waals surface area contributed by atoms with Gasteiger partial charge in [0.05, 0.1) is 36.1 Å². The third-order valence-electron chi connectivity index (χ3n) is 5.83. The Morgan fingerprint density at radius 1 is 0.972 bits per heavy atom. The Labute approximate surface area is 211 Å². The van der Waals surface area contributed by atoms with E-state index in [2.05, 4.69) is 8.75 Å². The Hall–Kier alpha value is -4.37. The number of hydrogen-bond acceptors (Lipinski definition) is 7. The minimum atomic E-state index is -1.04. The van der Waals surface area contributed by atoms with Crippen molar-refractivity contribution in [1.29, 1.82) is 0 Å². The van der Waals surface area contributed by atoms with E-state index in [4.69, 9.17) is 9.84 Å². The van der Waals surface area contributed by atoms with Crippen LogP contribution < -0.4 is 0 Å². The predicted octanol–water partition coefficient (Wildman–Crippen LogP) is 5.07. The molecule has 180 valence electrons. The second kappa shape index (κ2) is 10.1. The highest BCUT2D eigenvalue weighted by molar-refractivity contribution is 7.00. The lowest BCUT2D eigenvalue weighted by Crippen LogP contribution is -2.17. The van der Waals surface area contributed by atoms with Gasteiger partial charge in [-0.1, -0.05) is 54.6 Å². The summed E-state index contributed by atoms with van der Waals surface area (Å²) < 4.78 is 15.6. The summed E-state index contributed by atoms with van der Waals surface area (Å²) >= 11 is 1.15. The third kappa shape index (κ3) is 4.60. The van der Waals surface area contributed by atoms with Crippen molar-refractivity contribution in [3.63, 3.8) is 0 Å². The lowest BCUT2D eigenvalue weighted by Gasteiger charge is -2.11. The SMILES string of the molecule is CCOC(=O)c1c(Cc2ccc3nsnc3c2)c(-c2ccccc2)nn1Cc1ccccc1C(=O)O. The Morgan fingerprint density at radius 2 is 1.72 bits per heavy atom. The van der Waals surface area contributed by atoms with Crippen LogP contribution in [0.2, 0.25) is 0 Å². The lowest BCUT2D eigenvalue weighted by atomic mass is 9.98. The highest BCUT2D eigenvalue weighted by Gasteiger charge is 2.26. The second-order valence-electron chi connectivity index (χ2n) is 8.15. The first kappa shape index (κ1) is 23.4. The summed E-state index contributed by atoms with van der Waals surface area (Å²) in [6.45, 7) is 2.05. The molecule has 5 rings (SSSR count). The van der Waals surface area contributed by atoms with Crippen molar-refractivity contribution in [2.45, 2.75) is 19.9 Å². The minimum Gasteiger partial charge on any atom is -0.478 e. The van der Waals surface area contributed by atoms with Crippen molar-refractivity contribution >= 4 is 34.7 Å². The highest BCUT2D eigenvalue weighted by atomic mass is 32.1. The van der Waals surface area contributed by atoms with Gasteiger partial charge < -0.3 is 9.84 Å². The predicted molar refractivity (Wildman–Crippen MR) is 136 cm³/mol. The van der Waals surface area contributed by atoms with Crippen molar-refractivity contribution < 1.29 is 19.4 Å². The number of carboxylic acids is 1. The summed E-state index contributed by atoms with van der Waals surface area (Å²) in [6.07, 6.45) is 0.409. The van der Waals surface area contributed by atoms with Crippen molar-refractivity contribution in [3.05, 3.63) is 101 Å². The van der Waals surface area contributed by atoms with E-state index in [9.17, 15) is 14.7 Å². The Bertz CT molecular complexity index is 1560. The lowest BCUT2D eigenvalue weighted by molar-refractivity contribution is 0.0511. The van der Waals surface area contributed by atoms with Crippen LogP contribution in [0.4, 0.5) is 0 Å². The molecule has 0 saturated carbocycles. The zero-order chi connectivity index (χ0) is 25.1. The topological polar surface area (TPSA) is 107 Å². The Balaban J connectivity index is 1.68. The zero-order valence-electron chi connectivity index (χ0n) is 19.4. The Kier molecular flexibility index (Phi) is 6.55. The summed E-state index contributed by atoms with van der Waals surface area (Å²) in [6, 6.07) is 22.2. The molecule has 0 aliphatic carbocycles. The van der Waals surface area contributed by atoms with Gasteiger partial charge in [-0.25, -0.2) is 9.59 Å². The van der Waals surface area contributed by atoms with Crippen molar-refractivity contribution in [2.24, 2.45) is 0 Å². The van der Waals surface area contributed by atoms with Gasteiger partial charge in [0, 0.05) is 17.5 Å². The van der Waals surface area contributed by atoms with Crippen LogP contribution in [-0.4, -0.2) is 42.2 Å². The van der Waals surface area contributed by atoms with Crippen LogP contribution >= 0.6 is 11.7 Å². The molecule has 1 N–H and O–H groups in total. The van der Waals surface area contributed by atoms with Crippen LogP contribution in [0.3, 0.4) is 0 Å². The fraction of sp³-hybridized carbons (Fsp3) is 0.148. The maximum atomic E-state index is 13.3.